The summed E-state index contributed by atoms with van der Waals surface area (Å²) in [5, 5.41) is 3.22. The maximum absolute atomic E-state index is 12.2. The molecule has 2 heterocycles. The first-order valence-corrected chi connectivity index (χ1v) is 9.56. The quantitative estimate of drug-likeness (QED) is 0.812. The zero-order valence-corrected chi connectivity index (χ0v) is 15.4. The second kappa shape index (κ2) is 9.32. The molecule has 1 aromatic carbocycles. The molecule has 1 atom stereocenters. The summed E-state index contributed by atoms with van der Waals surface area (Å²) in [5.41, 5.74) is 2.50. The summed E-state index contributed by atoms with van der Waals surface area (Å²) in [7, 11) is 0. The van der Waals surface area contributed by atoms with Crippen molar-refractivity contribution in [3.05, 3.63) is 35.4 Å². The van der Waals surface area contributed by atoms with Crippen LogP contribution >= 0.6 is 0 Å². The number of benzene rings is 1. The lowest BCUT2D eigenvalue weighted by Crippen LogP contribution is -2.42. The first-order chi connectivity index (χ1) is 12.2. The van der Waals surface area contributed by atoms with E-state index in [9.17, 15) is 4.79 Å². The van der Waals surface area contributed by atoms with Crippen molar-refractivity contribution in [2.75, 3.05) is 52.5 Å². The number of amides is 1. The van der Waals surface area contributed by atoms with Crippen molar-refractivity contribution >= 4 is 5.91 Å². The lowest BCUT2D eigenvalue weighted by molar-refractivity contribution is -0.121. The zero-order valence-electron chi connectivity index (χ0n) is 15.4. The van der Waals surface area contributed by atoms with Gasteiger partial charge in [0.15, 0.2) is 0 Å². The van der Waals surface area contributed by atoms with Crippen LogP contribution in [0.5, 0.6) is 0 Å². The van der Waals surface area contributed by atoms with Gasteiger partial charge in [-0.2, -0.15) is 0 Å². The standard InChI is InChI=1S/C20H31N3O2/c1-17-3-2-4-18(15-17)5-6-20(24)21-19-7-8-23(16-19)10-9-22-11-13-25-14-12-22/h2-4,15,19H,5-14,16H2,1H3,(H,21,24)/t19-/m0/s1. The van der Waals surface area contributed by atoms with Gasteiger partial charge in [0.2, 0.25) is 5.91 Å². The molecule has 25 heavy (non-hydrogen) atoms. The van der Waals surface area contributed by atoms with E-state index in [0.717, 1.165) is 65.3 Å². The van der Waals surface area contributed by atoms with Gasteiger partial charge in [-0.05, 0) is 25.3 Å². The van der Waals surface area contributed by atoms with Crippen LogP contribution in [0, 0.1) is 6.92 Å². The summed E-state index contributed by atoms with van der Waals surface area (Å²) in [6.07, 6.45) is 2.47. The minimum Gasteiger partial charge on any atom is -0.379 e. The second-order valence-corrected chi connectivity index (χ2v) is 7.30. The molecule has 0 bridgehead atoms. The molecule has 2 aliphatic heterocycles. The van der Waals surface area contributed by atoms with Gasteiger partial charge in [-0.15, -0.1) is 0 Å². The molecule has 0 spiro atoms. The monoisotopic (exact) mass is 345 g/mol. The summed E-state index contributed by atoms with van der Waals surface area (Å²) in [6.45, 7) is 10.2. The molecule has 0 unspecified atom stereocenters. The minimum absolute atomic E-state index is 0.182. The van der Waals surface area contributed by atoms with E-state index in [1.165, 1.54) is 11.1 Å². The third-order valence-electron chi connectivity index (χ3n) is 5.20. The number of nitrogens with zero attached hydrogens (tertiary/aromatic N) is 2. The lowest BCUT2D eigenvalue weighted by Gasteiger charge is -2.28. The predicted octanol–water partition coefficient (Wildman–Crippen LogP) is 1.45. The Balaban J connectivity index is 1.32. The maximum atomic E-state index is 12.2. The van der Waals surface area contributed by atoms with Crippen LogP contribution in [0.1, 0.15) is 24.0 Å². The molecule has 5 heteroatoms. The maximum Gasteiger partial charge on any atom is 0.220 e. The van der Waals surface area contributed by atoms with Gasteiger partial charge >= 0.3 is 0 Å². The Hall–Kier alpha value is -1.43. The van der Waals surface area contributed by atoms with Crippen LogP contribution in [-0.4, -0.2) is 74.2 Å². The largest absolute Gasteiger partial charge is 0.379 e. The Labute approximate surface area is 151 Å². The number of aryl methyl sites for hydroxylation is 2. The number of ether oxygens (including phenoxy) is 1. The van der Waals surface area contributed by atoms with Crippen molar-refractivity contribution in [3.63, 3.8) is 0 Å². The Kier molecular flexibility index (Phi) is 6.84. The highest BCUT2D eigenvalue weighted by molar-refractivity contribution is 5.76. The van der Waals surface area contributed by atoms with Crippen molar-refractivity contribution in [1.29, 1.82) is 0 Å². The molecule has 1 N–H and O–H groups in total. The lowest BCUT2D eigenvalue weighted by atomic mass is 10.1. The number of morpholine rings is 1. The van der Waals surface area contributed by atoms with E-state index >= 15 is 0 Å². The summed E-state index contributed by atoms with van der Waals surface area (Å²) in [4.78, 5) is 17.2. The molecular weight excluding hydrogens is 314 g/mol. The highest BCUT2D eigenvalue weighted by atomic mass is 16.5. The van der Waals surface area contributed by atoms with E-state index in [0.29, 0.717) is 12.5 Å². The molecule has 2 fully saturated rings. The number of rotatable bonds is 7. The third kappa shape index (κ3) is 6.10. The van der Waals surface area contributed by atoms with Gasteiger partial charge in [0.25, 0.3) is 0 Å². The average Bonchev–Trinajstić information content (AvgIpc) is 3.06. The summed E-state index contributed by atoms with van der Waals surface area (Å²) in [5.74, 6) is 0.182. The van der Waals surface area contributed by atoms with Crippen LogP contribution in [0.4, 0.5) is 0 Å². The van der Waals surface area contributed by atoms with Crippen LogP contribution in [0.15, 0.2) is 24.3 Å². The molecular formula is C20H31N3O2. The fourth-order valence-electron chi connectivity index (χ4n) is 3.69. The third-order valence-corrected chi connectivity index (χ3v) is 5.20. The normalized spacial score (nSPS) is 22.2. The first kappa shape index (κ1) is 18.4. The van der Waals surface area contributed by atoms with Crippen molar-refractivity contribution in [2.24, 2.45) is 0 Å². The number of nitrogens with one attached hydrogen (secondary N) is 1. The number of likely N-dealkylation sites (tertiary alicyclic amines) is 1. The van der Waals surface area contributed by atoms with E-state index in [1.807, 2.05) is 0 Å². The van der Waals surface area contributed by atoms with Crippen LogP contribution in [-0.2, 0) is 16.0 Å². The topological polar surface area (TPSA) is 44.8 Å². The number of carbonyl (C=O) groups is 1. The van der Waals surface area contributed by atoms with Gasteiger partial charge in [0.05, 0.1) is 13.2 Å². The fourth-order valence-corrected chi connectivity index (χ4v) is 3.69. The molecule has 1 aromatic rings. The van der Waals surface area contributed by atoms with Gasteiger partial charge in [-0.1, -0.05) is 29.8 Å². The van der Waals surface area contributed by atoms with Gasteiger partial charge < -0.3 is 10.1 Å². The van der Waals surface area contributed by atoms with Crippen molar-refractivity contribution < 1.29 is 9.53 Å². The van der Waals surface area contributed by atoms with E-state index < -0.39 is 0 Å². The summed E-state index contributed by atoms with van der Waals surface area (Å²) >= 11 is 0. The predicted molar refractivity (Wildman–Crippen MR) is 99.7 cm³/mol. The molecule has 0 aliphatic carbocycles. The first-order valence-electron chi connectivity index (χ1n) is 9.56. The molecule has 1 amide bonds. The van der Waals surface area contributed by atoms with E-state index in [1.54, 1.807) is 0 Å². The Bertz CT molecular complexity index is 558. The van der Waals surface area contributed by atoms with Crippen LogP contribution < -0.4 is 5.32 Å². The van der Waals surface area contributed by atoms with Crippen LogP contribution in [0.2, 0.25) is 0 Å². The zero-order chi connectivity index (χ0) is 17.5. The van der Waals surface area contributed by atoms with E-state index in [-0.39, 0.29) is 5.91 Å². The Morgan fingerprint density at radius 3 is 2.80 bits per heavy atom. The van der Waals surface area contributed by atoms with Crippen molar-refractivity contribution in [1.82, 2.24) is 15.1 Å². The molecule has 3 rings (SSSR count). The molecule has 2 saturated heterocycles. The van der Waals surface area contributed by atoms with Crippen LogP contribution in [0.25, 0.3) is 0 Å². The molecule has 0 aromatic heterocycles. The van der Waals surface area contributed by atoms with Gasteiger partial charge in [-0.25, -0.2) is 0 Å². The summed E-state index contributed by atoms with van der Waals surface area (Å²) in [6, 6.07) is 8.73. The number of hydrogen-bond acceptors (Lipinski definition) is 4. The molecule has 5 nitrogen and oxygen atoms in total. The molecule has 2 aliphatic rings. The minimum atomic E-state index is 0.182. The molecule has 0 radical (unpaired) electrons. The van der Waals surface area contributed by atoms with Crippen LogP contribution in [0.3, 0.4) is 0 Å². The Morgan fingerprint density at radius 1 is 1.20 bits per heavy atom. The highest BCUT2D eigenvalue weighted by Gasteiger charge is 2.24. The highest BCUT2D eigenvalue weighted by Crippen LogP contribution is 2.11. The van der Waals surface area contributed by atoms with Crippen molar-refractivity contribution in [2.45, 2.75) is 32.2 Å². The van der Waals surface area contributed by atoms with E-state index in [2.05, 4.69) is 46.3 Å². The molecule has 0 saturated carbocycles. The number of carbonyl (C=O) groups excluding carboxylic acids is 1. The molecule has 138 valence electrons. The smallest absolute Gasteiger partial charge is 0.220 e. The van der Waals surface area contributed by atoms with Gasteiger partial charge in [-0.3, -0.25) is 14.6 Å². The van der Waals surface area contributed by atoms with Gasteiger partial charge in [0, 0.05) is 51.7 Å². The SMILES string of the molecule is Cc1cccc(CCC(=O)N[C@H]2CCN(CCN3CCOCC3)C2)c1. The Morgan fingerprint density at radius 2 is 2.00 bits per heavy atom. The average molecular weight is 345 g/mol. The summed E-state index contributed by atoms with van der Waals surface area (Å²) < 4.78 is 5.39. The fraction of sp³-hybridized carbons (Fsp3) is 0.650. The van der Waals surface area contributed by atoms with Crippen molar-refractivity contribution in [3.8, 4) is 0 Å². The second-order valence-electron chi connectivity index (χ2n) is 7.30. The van der Waals surface area contributed by atoms with E-state index in [4.69, 9.17) is 4.74 Å². The number of hydrogen-bond donors (Lipinski definition) is 1. The van der Waals surface area contributed by atoms with Gasteiger partial charge in [0.1, 0.15) is 0 Å².